The van der Waals surface area contributed by atoms with Gasteiger partial charge in [-0.2, -0.15) is 13.2 Å². The molecule has 1 fully saturated rings. The Bertz CT molecular complexity index is 1320. The summed E-state index contributed by atoms with van der Waals surface area (Å²) in [7, 11) is 1.77. The Kier molecular flexibility index (Phi) is 8.46. The average Bonchev–Trinajstić information content (AvgIpc) is 3.74. The van der Waals surface area contributed by atoms with E-state index in [1.807, 2.05) is 19.1 Å². The minimum Gasteiger partial charge on any atom is -0.396 e. The van der Waals surface area contributed by atoms with Gasteiger partial charge in [0.2, 0.25) is 0 Å². The maximum absolute atomic E-state index is 13.0. The second-order valence-electron chi connectivity index (χ2n) is 9.28. The van der Waals surface area contributed by atoms with Gasteiger partial charge in [0.1, 0.15) is 0 Å². The summed E-state index contributed by atoms with van der Waals surface area (Å²) >= 11 is 0. The van der Waals surface area contributed by atoms with Crippen LogP contribution in [0.1, 0.15) is 61.0 Å². The molecule has 0 unspecified atom stereocenters. The summed E-state index contributed by atoms with van der Waals surface area (Å²) in [6.07, 6.45) is -0.288. The van der Waals surface area contributed by atoms with Crippen molar-refractivity contribution in [3.05, 3.63) is 77.1 Å². The fourth-order valence-electron chi connectivity index (χ4n) is 4.43. The molecule has 200 valence electrons. The van der Waals surface area contributed by atoms with Crippen LogP contribution >= 0.6 is 0 Å². The monoisotopic (exact) mass is 524 g/mol. The van der Waals surface area contributed by atoms with E-state index in [0.29, 0.717) is 24.4 Å². The largest absolute Gasteiger partial charge is 0.416 e. The summed E-state index contributed by atoms with van der Waals surface area (Å²) in [6, 6.07) is 13.3. The van der Waals surface area contributed by atoms with Gasteiger partial charge in [-0.25, -0.2) is 4.79 Å². The van der Waals surface area contributed by atoms with Crippen LogP contribution in [0.25, 0.3) is 11.1 Å². The van der Waals surface area contributed by atoms with Crippen molar-refractivity contribution in [2.45, 2.75) is 51.1 Å². The molecule has 0 radical (unpaired) electrons. The van der Waals surface area contributed by atoms with E-state index < -0.39 is 17.8 Å². The lowest BCUT2D eigenvalue weighted by atomic mass is 9.91. The first-order valence-corrected chi connectivity index (χ1v) is 12.7. The van der Waals surface area contributed by atoms with Gasteiger partial charge in [-0.3, -0.25) is 9.98 Å². The lowest BCUT2D eigenvalue weighted by molar-refractivity contribution is -0.137. The number of hydrogen-bond acceptors (Lipinski definition) is 4. The van der Waals surface area contributed by atoms with Crippen LogP contribution in [-0.2, 0) is 12.6 Å². The van der Waals surface area contributed by atoms with Gasteiger partial charge < -0.3 is 15.7 Å². The average molecular weight is 525 g/mol. The number of aromatic nitrogens is 1. The molecule has 1 saturated carbocycles. The molecule has 3 N–H and O–H groups in total. The third-order valence-corrected chi connectivity index (χ3v) is 6.48. The van der Waals surface area contributed by atoms with Gasteiger partial charge >= 0.3 is 12.2 Å². The quantitative estimate of drug-likeness (QED) is 0.262. The van der Waals surface area contributed by atoms with Crippen molar-refractivity contribution in [2.24, 2.45) is 4.99 Å². The lowest BCUT2D eigenvalue weighted by Crippen LogP contribution is -2.19. The lowest BCUT2D eigenvalue weighted by Gasteiger charge is -2.18. The zero-order valence-electron chi connectivity index (χ0n) is 21.4. The Hall–Kier alpha value is -3.72. The molecule has 0 saturated heterocycles. The molecule has 9 heteroatoms. The van der Waals surface area contributed by atoms with Gasteiger partial charge in [-0.05, 0) is 79.6 Å². The van der Waals surface area contributed by atoms with Crippen LogP contribution in [0.3, 0.4) is 0 Å². The van der Waals surface area contributed by atoms with Crippen LogP contribution in [0.15, 0.2) is 59.6 Å². The summed E-state index contributed by atoms with van der Waals surface area (Å²) in [5.74, 6) is 0.444. The van der Waals surface area contributed by atoms with Crippen molar-refractivity contribution in [2.75, 3.05) is 24.3 Å². The summed E-state index contributed by atoms with van der Waals surface area (Å²) < 4.78 is 38.9. The fraction of sp³-hybridized carbons (Fsp3) is 0.345. The molecule has 1 aliphatic carbocycles. The van der Waals surface area contributed by atoms with Gasteiger partial charge in [-0.15, -0.1) is 0 Å². The Labute approximate surface area is 220 Å². The van der Waals surface area contributed by atoms with E-state index in [2.05, 4.69) is 21.7 Å². The standard InChI is InChI=1S/C29H31F3N4O2/c1-3-24(33-2)27-23(17-26(19-9-10-19)36-25(27)8-5-15-37)18-11-13-21(14-12-18)34-28(38)35-22-7-4-6-20(16-22)29(30,31)32/h4,6-7,11-14,16-17,19,37H,3,5,8-10,15H2,1-2H3,(H2,34,35,38)/b33-24-. The number of aliphatic imine (C=N–C) groups is 1. The molecule has 6 nitrogen and oxygen atoms in total. The highest BCUT2D eigenvalue weighted by molar-refractivity contribution is 6.07. The molecule has 1 aliphatic rings. The zero-order chi connectivity index (χ0) is 27.3. The zero-order valence-corrected chi connectivity index (χ0v) is 21.4. The first-order chi connectivity index (χ1) is 18.2. The van der Waals surface area contributed by atoms with Gasteiger partial charge in [0.15, 0.2) is 0 Å². The van der Waals surface area contributed by atoms with E-state index in [1.54, 1.807) is 19.2 Å². The predicted molar refractivity (Wildman–Crippen MR) is 144 cm³/mol. The number of carbonyl (C=O) groups excluding carboxylic acids is 1. The summed E-state index contributed by atoms with van der Waals surface area (Å²) in [6.45, 7) is 2.13. The number of rotatable bonds is 9. The first kappa shape index (κ1) is 27.3. The number of aliphatic hydroxyl groups excluding tert-OH is 1. The Morgan fingerprint density at radius 1 is 1.08 bits per heavy atom. The third kappa shape index (κ3) is 6.58. The van der Waals surface area contributed by atoms with E-state index in [9.17, 15) is 23.1 Å². The number of pyridine rings is 1. The van der Waals surface area contributed by atoms with Crippen LogP contribution in [0.5, 0.6) is 0 Å². The summed E-state index contributed by atoms with van der Waals surface area (Å²) in [5, 5.41) is 14.6. The number of anilines is 2. The Morgan fingerprint density at radius 3 is 2.39 bits per heavy atom. The molecule has 0 spiro atoms. The number of hydrogen-bond donors (Lipinski definition) is 3. The number of aliphatic hydroxyl groups is 1. The second-order valence-corrected chi connectivity index (χ2v) is 9.28. The van der Waals surface area contributed by atoms with Gasteiger partial charge in [0, 0.05) is 47.9 Å². The minimum absolute atomic E-state index is 0.0457. The highest BCUT2D eigenvalue weighted by Gasteiger charge is 2.30. The van der Waals surface area contributed by atoms with E-state index in [0.717, 1.165) is 65.2 Å². The minimum atomic E-state index is -4.49. The molecule has 38 heavy (non-hydrogen) atoms. The van der Waals surface area contributed by atoms with Crippen molar-refractivity contribution in [3.8, 4) is 11.1 Å². The summed E-state index contributed by atoms with van der Waals surface area (Å²) in [5.41, 5.74) is 5.56. The van der Waals surface area contributed by atoms with Crippen LogP contribution in [0, 0.1) is 0 Å². The maximum Gasteiger partial charge on any atom is 0.416 e. The maximum atomic E-state index is 13.0. The predicted octanol–water partition coefficient (Wildman–Crippen LogP) is 7.04. The number of benzene rings is 2. The van der Waals surface area contributed by atoms with E-state index in [1.165, 1.54) is 12.1 Å². The molecule has 1 heterocycles. The molecule has 0 atom stereocenters. The highest BCUT2D eigenvalue weighted by atomic mass is 19.4. The van der Waals surface area contributed by atoms with Crippen molar-refractivity contribution in [1.29, 1.82) is 0 Å². The molecule has 0 aliphatic heterocycles. The van der Waals surface area contributed by atoms with Crippen molar-refractivity contribution >= 4 is 23.1 Å². The van der Waals surface area contributed by atoms with Crippen LogP contribution < -0.4 is 10.6 Å². The van der Waals surface area contributed by atoms with Crippen molar-refractivity contribution < 1.29 is 23.1 Å². The SMILES string of the molecule is CC/C(=N/C)c1c(-c2ccc(NC(=O)Nc3cccc(C(F)(F)F)c3)cc2)cc(C2CC2)nc1CCCO. The Balaban J connectivity index is 1.59. The van der Waals surface area contributed by atoms with E-state index in [-0.39, 0.29) is 12.3 Å². The number of nitrogens with one attached hydrogen (secondary N) is 2. The second kappa shape index (κ2) is 11.8. The first-order valence-electron chi connectivity index (χ1n) is 12.7. The molecular formula is C29H31F3N4O2. The molecule has 1 aromatic heterocycles. The van der Waals surface area contributed by atoms with E-state index in [4.69, 9.17) is 4.98 Å². The highest BCUT2D eigenvalue weighted by Crippen LogP contribution is 2.42. The fourth-order valence-corrected chi connectivity index (χ4v) is 4.43. The molecule has 4 rings (SSSR count). The normalized spacial score (nSPS) is 13.9. The number of nitrogens with zero attached hydrogens (tertiary/aromatic N) is 2. The Morgan fingerprint density at radius 2 is 1.79 bits per heavy atom. The number of amides is 2. The number of aryl methyl sites for hydroxylation is 1. The summed E-state index contributed by atoms with van der Waals surface area (Å²) in [4.78, 5) is 21.9. The van der Waals surface area contributed by atoms with Gasteiger partial charge in [0.25, 0.3) is 0 Å². The number of carbonyl (C=O) groups is 1. The smallest absolute Gasteiger partial charge is 0.396 e. The number of alkyl halides is 3. The molecular weight excluding hydrogens is 493 g/mol. The number of halogens is 3. The third-order valence-electron chi connectivity index (χ3n) is 6.48. The van der Waals surface area contributed by atoms with Crippen LogP contribution in [-0.4, -0.2) is 35.5 Å². The topological polar surface area (TPSA) is 86.6 Å². The van der Waals surface area contributed by atoms with Crippen molar-refractivity contribution in [1.82, 2.24) is 4.98 Å². The number of urea groups is 1. The molecule has 2 aromatic carbocycles. The molecule has 0 bridgehead atoms. The van der Waals surface area contributed by atoms with Crippen LogP contribution in [0.4, 0.5) is 29.3 Å². The van der Waals surface area contributed by atoms with E-state index >= 15 is 0 Å². The van der Waals surface area contributed by atoms with Gasteiger partial charge in [0.05, 0.1) is 11.3 Å². The molecule has 3 aromatic rings. The molecule has 2 amide bonds. The van der Waals surface area contributed by atoms with Crippen molar-refractivity contribution in [3.63, 3.8) is 0 Å². The van der Waals surface area contributed by atoms with Crippen LogP contribution in [0.2, 0.25) is 0 Å². The van der Waals surface area contributed by atoms with Gasteiger partial charge in [-0.1, -0.05) is 25.1 Å².